The third kappa shape index (κ3) is 2.32. The zero-order valence-corrected chi connectivity index (χ0v) is 8.45. The minimum Gasteiger partial charge on any atom is -0.475 e. The SMILES string of the molecule is CCc1c(NC)ncnc1OCCO. The maximum absolute atomic E-state index is 8.63. The predicted molar refractivity (Wildman–Crippen MR) is 53.5 cm³/mol. The zero-order chi connectivity index (χ0) is 10.4. The predicted octanol–water partition coefficient (Wildman–Crippen LogP) is 0.452. The van der Waals surface area contributed by atoms with Gasteiger partial charge >= 0.3 is 0 Å². The molecule has 0 bridgehead atoms. The normalized spacial score (nSPS) is 9.93. The van der Waals surface area contributed by atoms with Crippen molar-refractivity contribution in [2.24, 2.45) is 0 Å². The van der Waals surface area contributed by atoms with Gasteiger partial charge in [0, 0.05) is 7.05 Å². The number of anilines is 1. The molecule has 0 aliphatic heterocycles. The Labute approximate surface area is 83.2 Å². The molecule has 1 rings (SSSR count). The number of aliphatic hydroxyl groups is 1. The van der Waals surface area contributed by atoms with Crippen LogP contribution >= 0.6 is 0 Å². The molecule has 1 aromatic rings. The van der Waals surface area contributed by atoms with E-state index in [0.29, 0.717) is 5.88 Å². The van der Waals surface area contributed by atoms with Crippen molar-refractivity contribution >= 4 is 5.82 Å². The Morgan fingerprint density at radius 3 is 2.86 bits per heavy atom. The van der Waals surface area contributed by atoms with Crippen LogP contribution in [0.5, 0.6) is 5.88 Å². The Bertz CT molecular complexity index is 291. The van der Waals surface area contributed by atoms with Gasteiger partial charge in [-0.15, -0.1) is 0 Å². The topological polar surface area (TPSA) is 67.3 Å². The molecule has 0 amide bonds. The molecule has 2 N–H and O–H groups in total. The molecule has 0 fully saturated rings. The van der Waals surface area contributed by atoms with E-state index in [1.165, 1.54) is 6.33 Å². The fourth-order valence-corrected chi connectivity index (χ4v) is 1.20. The second kappa shape index (κ2) is 5.39. The molecule has 0 aliphatic carbocycles. The summed E-state index contributed by atoms with van der Waals surface area (Å²) in [5.41, 5.74) is 0.934. The Morgan fingerprint density at radius 1 is 1.50 bits per heavy atom. The van der Waals surface area contributed by atoms with Gasteiger partial charge in [0.15, 0.2) is 0 Å². The summed E-state index contributed by atoms with van der Waals surface area (Å²) in [6.07, 6.45) is 2.23. The third-order valence-electron chi connectivity index (χ3n) is 1.83. The minimum absolute atomic E-state index is 0.0119. The van der Waals surface area contributed by atoms with E-state index in [9.17, 15) is 0 Å². The van der Waals surface area contributed by atoms with Gasteiger partial charge in [-0.25, -0.2) is 9.97 Å². The van der Waals surface area contributed by atoms with Crippen LogP contribution in [-0.4, -0.2) is 35.3 Å². The average molecular weight is 197 g/mol. The first kappa shape index (κ1) is 10.7. The molecular weight excluding hydrogens is 182 g/mol. The number of nitrogens with one attached hydrogen (secondary N) is 1. The van der Waals surface area contributed by atoms with Gasteiger partial charge in [-0.1, -0.05) is 6.92 Å². The van der Waals surface area contributed by atoms with Crippen molar-refractivity contribution in [2.45, 2.75) is 13.3 Å². The zero-order valence-electron chi connectivity index (χ0n) is 8.45. The van der Waals surface area contributed by atoms with E-state index in [-0.39, 0.29) is 13.2 Å². The summed E-state index contributed by atoms with van der Waals surface area (Å²) in [7, 11) is 1.80. The number of aromatic nitrogens is 2. The van der Waals surface area contributed by atoms with Crippen LogP contribution in [0.3, 0.4) is 0 Å². The molecule has 5 nitrogen and oxygen atoms in total. The van der Waals surface area contributed by atoms with Crippen LogP contribution in [0.15, 0.2) is 6.33 Å². The number of ether oxygens (including phenoxy) is 1. The van der Waals surface area contributed by atoms with Crippen LogP contribution in [0.1, 0.15) is 12.5 Å². The largest absolute Gasteiger partial charge is 0.475 e. The highest BCUT2D eigenvalue weighted by Gasteiger charge is 2.08. The fourth-order valence-electron chi connectivity index (χ4n) is 1.20. The molecule has 78 valence electrons. The number of hydrogen-bond donors (Lipinski definition) is 2. The molecule has 0 saturated heterocycles. The lowest BCUT2D eigenvalue weighted by Gasteiger charge is -2.10. The van der Waals surface area contributed by atoms with E-state index in [2.05, 4.69) is 15.3 Å². The Balaban J connectivity index is 2.90. The lowest BCUT2D eigenvalue weighted by molar-refractivity contribution is 0.195. The van der Waals surface area contributed by atoms with E-state index in [4.69, 9.17) is 9.84 Å². The highest BCUT2D eigenvalue weighted by atomic mass is 16.5. The highest BCUT2D eigenvalue weighted by Crippen LogP contribution is 2.21. The quantitative estimate of drug-likeness (QED) is 0.717. The first-order valence-corrected chi connectivity index (χ1v) is 4.58. The van der Waals surface area contributed by atoms with Crippen LogP contribution in [0.2, 0.25) is 0 Å². The Morgan fingerprint density at radius 2 is 2.29 bits per heavy atom. The summed E-state index contributed by atoms with van der Waals surface area (Å²) in [6, 6.07) is 0. The standard InChI is InChI=1S/C9H15N3O2/c1-3-7-8(10-2)11-6-12-9(7)14-5-4-13/h6,13H,3-5H2,1-2H3,(H,10,11,12). The molecule has 0 radical (unpaired) electrons. The summed E-state index contributed by atoms with van der Waals surface area (Å²) in [4.78, 5) is 8.08. The summed E-state index contributed by atoms with van der Waals surface area (Å²) in [5, 5.41) is 11.6. The number of hydrogen-bond acceptors (Lipinski definition) is 5. The van der Waals surface area contributed by atoms with Gasteiger partial charge in [-0.3, -0.25) is 0 Å². The van der Waals surface area contributed by atoms with Crippen LogP contribution in [0.25, 0.3) is 0 Å². The van der Waals surface area contributed by atoms with E-state index in [1.54, 1.807) is 7.05 Å². The molecule has 0 atom stereocenters. The maximum atomic E-state index is 8.63. The summed E-state index contributed by atoms with van der Waals surface area (Å²) in [5.74, 6) is 1.32. The molecule has 0 spiro atoms. The second-order valence-electron chi connectivity index (χ2n) is 2.68. The first-order valence-electron chi connectivity index (χ1n) is 4.58. The molecule has 0 saturated carbocycles. The molecule has 14 heavy (non-hydrogen) atoms. The fraction of sp³-hybridized carbons (Fsp3) is 0.556. The summed E-state index contributed by atoms with van der Waals surface area (Å²) < 4.78 is 5.28. The van der Waals surface area contributed by atoms with Crippen molar-refractivity contribution in [3.63, 3.8) is 0 Å². The minimum atomic E-state index is -0.0119. The lowest BCUT2D eigenvalue weighted by atomic mass is 10.2. The molecule has 5 heteroatoms. The number of nitrogens with zero attached hydrogens (tertiary/aromatic N) is 2. The lowest BCUT2D eigenvalue weighted by Crippen LogP contribution is -2.08. The number of rotatable bonds is 5. The van der Waals surface area contributed by atoms with Gasteiger partial charge in [0.25, 0.3) is 0 Å². The van der Waals surface area contributed by atoms with E-state index >= 15 is 0 Å². The smallest absolute Gasteiger partial charge is 0.221 e. The molecule has 0 unspecified atom stereocenters. The summed E-state index contributed by atoms with van der Waals surface area (Å²) >= 11 is 0. The van der Waals surface area contributed by atoms with Crippen molar-refractivity contribution in [2.75, 3.05) is 25.6 Å². The Kier molecular flexibility index (Phi) is 4.12. The summed E-state index contributed by atoms with van der Waals surface area (Å²) in [6.45, 7) is 2.25. The van der Waals surface area contributed by atoms with Crippen LogP contribution in [0, 0.1) is 0 Å². The van der Waals surface area contributed by atoms with E-state index in [0.717, 1.165) is 17.8 Å². The van der Waals surface area contributed by atoms with Gasteiger partial charge in [0.1, 0.15) is 18.8 Å². The molecule has 0 aliphatic rings. The van der Waals surface area contributed by atoms with Crippen LogP contribution < -0.4 is 10.1 Å². The van der Waals surface area contributed by atoms with Gasteiger partial charge < -0.3 is 15.2 Å². The van der Waals surface area contributed by atoms with Crippen molar-refractivity contribution in [3.05, 3.63) is 11.9 Å². The highest BCUT2D eigenvalue weighted by molar-refractivity contribution is 5.48. The van der Waals surface area contributed by atoms with Crippen molar-refractivity contribution < 1.29 is 9.84 Å². The second-order valence-corrected chi connectivity index (χ2v) is 2.68. The monoisotopic (exact) mass is 197 g/mol. The van der Waals surface area contributed by atoms with Gasteiger partial charge in [-0.2, -0.15) is 0 Å². The van der Waals surface area contributed by atoms with Gasteiger partial charge in [-0.05, 0) is 6.42 Å². The maximum Gasteiger partial charge on any atom is 0.221 e. The third-order valence-corrected chi connectivity index (χ3v) is 1.83. The van der Waals surface area contributed by atoms with Crippen molar-refractivity contribution in [3.8, 4) is 5.88 Å². The molecule has 0 aromatic carbocycles. The van der Waals surface area contributed by atoms with E-state index in [1.807, 2.05) is 6.92 Å². The van der Waals surface area contributed by atoms with Gasteiger partial charge in [0.05, 0.1) is 12.2 Å². The molecule has 1 aromatic heterocycles. The van der Waals surface area contributed by atoms with Crippen molar-refractivity contribution in [1.29, 1.82) is 0 Å². The van der Waals surface area contributed by atoms with E-state index < -0.39 is 0 Å². The average Bonchev–Trinajstić information content (AvgIpc) is 2.25. The molecular formula is C9H15N3O2. The number of aliphatic hydroxyl groups excluding tert-OH is 1. The Hall–Kier alpha value is -1.36. The van der Waals surface area contributed by atoms with Crippen LogP contribution in [0.4, 0.5) is 5.82 Å². The first-order chi connectivity index (χ1) is 6.83. The van der Waals surface area contributed by atoms with Crippen molar-refractivity contribution in [1.82, 2.24) is 9.97 Å². The van der Waals surface area contributed by atoms with Crippen LogP contribution in [-0.2, 0) is 6.42 Å². The molecule has 1 heterocycles. The van der Waals surface area contributed by atoms with Gasteiger partial charge in [0.2, 0.25) is 5.88 Å².